The molecular weight excluding hydrogens is 541 g/mol. The number of urea groups is 1. The van der Waals surface area contributed by atoms with E-state index in [1.807, 2.05) is 11.0 Å². The van der Waals surface area contributed by atoms with E-state index in [1.54, 1.807) is 12.4 Å². The lowest BCUT2D eigenvalue weighted by molar-refractivity contribution is -0.388. The Morgan fingerprint density at radius 2 is 1.68 bits per heavy atom. The van der Waals surface area contributed by atoms with Crippen LogP contribution < -0.4 is 20.3 Å². The van der Waals surface area contributed by atoms with Crippen LogP contribution in [0.2, 0.25) is 0 Å². The first-order chi connectivity index (χ1) is 19.7. The highest BCUT2D eigenvalue weighted by Crippen LogP contribution is 2.38. The van der Waals surface area contributed by atoms with Crippen molar-refractivity contribution in [3.05, 3.63) is 52.3 Å². The summed E-state index contributed by atoms with van der Waals surface area (Å²) in [7, 11) is 0. The van der Waals surface area contributed by atoms with Gasteiger partial charge in [-0.25, -0.2) is 4.79 Å². The first-order valence-electron chi connectivity index (χ1n) is 14.2. The Hall–Kier alpha value is -3.77. The number of ether oxygens (including phenoxy) is 1. The zero-order valence-corrected chi connectivity index (χ0v) is 22.7. The molecule has 1 aromatic heterocycles. The molecule has 10 nitrogen and oxygen atoms in total. The Labute approximate surface area is 236 Å². The summed E-state index contributed by atoms with van der Waals surface area (Å²) in [4.78, 5) is 31.0. The lowest BCUT2D eigenvalue weighted by atomic mass is 9.92. The van der Waals surface area contributed by atoms with Gasteiger partial charge in [-0.2, -0.15) is 13.2 Å². The standard InChI is InChI=1S/C28H35F3N6O4/c29-28(30,31)25-15-21(7-10-26(25)37(39)40)33-20-5-8-23(9-6-20)41-24-16-22(17-32-18-24)35-11-13-36(14-12-35)27(38)34-19-3-1-2-4-19/h7,10,15-20,23,33H,1-6,8-9,11-14H2,(H,34,38). The molecule has 13 heteroatoms. The largest absolute Gasteiger partial charge is 0.489 e. The van der Waals surface area contributed by atoms with Crippen LogP contribution in [0.3, 0.4) is 0 Å². The maximum absolute atomic E-state index is 13.3. The molecule has 0 unspecified atom stereocenters. The Bertz CT molecular complexity index is 1220. The van der Waals surface area contributed by atoms with Crippen LogP contribution in [0.15, 0.2) is 36.7 Å². The van der Waals surface area contributed by atoms with E-state index in [9.17, 15) is 28.1 Å². The number of hydrogen-bond donors (Lipinski definition) is 2. The number of nitrogens with one attached hydrogen (secondary N) is 2. The third-order valence-electron chi connectivity index (χ3n) is 8.16. The van der Waals surface area contributed by atoms with Crippen molar-refractivity contribution in [1.29, 1.82) is 0 Å². The monoisotopic (exact) mass is 576 g/mol. The number of aromatic nitrogens is 1. The normalized spacial score (nSPS) is 21.9. The van der Waals surface area contributed by atoms with Gasteiger partial charge in [0.1, 0.15) is 11.3 Å². The highest BCUT2D eigenvalue weighted by Gasteiger charge is 2.38. The van der Waals surface area contributed by atoms with E-state index in [0.29, 0.717) is 63.7 Å². The SMILES string of the molecule is O=C(NC1CCCC1)N1CCN(c2cncc(OC3CCC(Nc4ccc([N+](=O)[O-])c(C(F)(F)F)c4)CC3)c2)CC1. The molecule has 2 saturated carbocycles. The summed E-state index contributed by atoms with van der Waals surface area (Å²) in [6.45, 7) is 2.69. The molecule has 2 aromatic rings. The van der Waals surface area contributed by atoms with E-state index in [0.717, 1.165) is 30.7 Å². The number of benzene rings is 1. The summed E-state index contributed by atoms with van der Waals surface area (Å²) in [6.07, 6.45) is 5.85. The number of piperazine rings is 1. The lowest BCUT2D eigenvalue weighted by Gasteiger charge is -2.36. The van der Waals surface area contributed by atoms with E-state index >= 15 is 0 Å². The molecule has 1 aromatic carbocycles. The number of pyridine rings is 1. The van der Waals surface area contributed by atoms with Crippen molar-refractivity contribution in [2.24, 2.45) is 0 Å². The number of nitrogens with zero attached hydrogens (tertiary/aromatic N) is 4. The van der Waals surface area contributed by atoms with Crippen LogP contribution >= 0.6 is 0 Å². The van der Waals surface area contributed by atoms with E-state index in [1.165, 1.54) is 18.9 Å². The van der Waals surface area contributed by atoms with Gasteiger partial charge in [0.05, 0.1) is 29.1 Å². The van der Waals surface area contributed by atoms with Gasteiger partial charge in [-0.05, 0) is 50.7 Å². The number of alkyl halides is 3. The Morgan fingerprint density at radius 1 is 0.976 bits per heavy atom. The first-order valence-corrected chi connectivity index (χ1v) is 14.2. The second-order valence-electron chi connectivity index (χ2n) is 11.0. The summed E-state index contributed by atoms with van der Waals surface area (Å²) in [5, 5.41) is 17.3. The maximum Gasteiger partial charge on any atom is 0.423 e. The van der Waals surface area contributed by atoms with Crippen LogP contribution in [0.25, 0.3) is 0 Å². The predicted octanol–water partition coefficient (Wildman–Crippen LogP) is 5.58. The fraction of sp³-hybridized carbons (Fsp3) is 0.571. The second-order valence-corrected chi connectivity index (χ2v) is 11.0. The number of amides is 2. The molecular formula is C28H35F3N6O4. The van der Waals surface area contributed by atoms with Gasteiger partial charge in [0.15, 0.2) is 0 Å². The van der Waals surface area contributed by atoms with E-state index in [-0.39, 0.29) is 23.9 Å². The number of carbonyl (C=O) groups is 1. The molecule has 2 amide bonds. The van der Waals surface area contributed by atoms with Gasteiger partial charge in [-0.15, -0.1) is 0 Å². The third kappa shape index (κ3) is 7.31. The second kappa shape index (κ2) is 12.4. The van der Waals surface area contributed by atoms with Crippen LogP contribution in [0.5, 0.6) is 5.75 Å². The summed E-state index contributed by atoms with van der Waals surface area (Å²) >= 11 is 0. The molecule has 41 heavy (non-hydrogen) atoms. The molecule has 2 N–H and O–H groups in total. The van der Waals surface area contributed by atoms with Gasteiger partial charge in [-0.3, -0.25) is 15.1 Å². The Kier molecular flexibility index (Phi) is 8.69. The zero-order chi connectivity index (χ0) is 29.0. The van der Waals surface area contributed by atoms with Crippen LogP contribution in [0, 0.1) is 10.1 Å². The predicted molar refractivity (Wildman–Crippen MR) is 147 cm³/mol. The molecule has 0 spiro atoms. The van der Waals surface area contributed by atoms with Crippen LogP contribution in [0.1, 0.15) is 56.9 Å². The molecule has 0 radical (unpaired) electrons. The van der Waals surface area contributed by atoms with Gasteiger partial charge in [0, 0.05) is 56.1 Å². The summed E-state index contributed by atoms with van der Waals surface area (Å²) < 4.78 is 46.2. The summed E-state index contributed by atoms with van der Waals surface area (Å²) in [5.74, 6) is 0.658. The third-order valence-corrected chi connectivity index (χ3v) is 8.16. The van der Waals surface area contributed by atoms with Crippen molar-refractivity contribution in [2.75, 3.05) is 36.4 Å². The van der Waals surface area contributed by atoms with Crippen LogP contribution in [-0.4, -0.2) is 65.2 Å². The molecule has 0 bridgehead atoms. The maximum atomic E-state index is 13.3. The van der Waals surface area contributed by atoms with E-state index < -0.39 is 22.4 Å². The zero-order valence-electron chi connectivity index (χ0n) is 22.7. The fourth-order valence-electron chi connectivity index (χ4n) is 5.91. The summed E-state index contributed by atoms with van der Waals surface area (Å²) in [5.41, 5.74) is -1.07. The average Bonchev–Trinajstić information content (AvgIpc) is 3.47. The minimum Gasteiger partial charge on any atom is -0.489 e. The smallest absolute Gasteiger partial charge is 0.423 e. The molecule has 1 aliphatic heterocycles. The topological polar surface area (TPSA) is 113 Å². The number of hydrogen-bond acceptors (Lipinski definition) is 7. The van der Waals surface area contributed by atoms with Crippen molar-refractivity contribution in [3.8, 4) is 5.75 Å². The first kappa shape index (κ1) is 28.7. The van der Waals surface area contributed by atoms with Gasteiger partial charge >= 0.3 is 12.2 Å². The molecule has 3 aliphatic rings. The summed E-state index contributed by atoms with van der Waals surface area (Å²) in [6, 6.07) is 5.23. The van der Waals surface area contributed by atoms with Crippen molar-refractivity contribution < 1.29 is 27.6 Å². The van der Waals surface area contributed by atoms with Crippen molar-refractivity contribution in [3.63, 3.8) is 0 Å². The van der Waals surface area contributed by atoms with Crippen molar-refractivity contribution in [1.82, 2.24) is 15.2 Å². The number of anilines is 2. The van der Waals surface area contributed by atoms with E-state index in [4.69, 9.17) is 4.74 Å². The van der Waals surface area contributed by atoms with Gasteiger partial charge in [-0.1, -0.05) is 12.8 Å². The fourth-order valence-corrected chi connectivity index (χ4v) is 5.91. The van der Waals surface area contributed by atoms with Gasteiger partial charge in [0.2, 0.25) is 0 Å². The molecule has 3 fully saturated rings. The van der Waals surface area contributed by atoms with Gasteiger partial charge < -0.3 is 25.2 Å². The molecule has 1 saturated heterocycles. The minimum atomic E-state index is -4.81. The minimum absolute atomic E-state index is 0.0197. The van der Waals surface area contributed by atoms with Gasteiger partial charge in [0.25, 0.3) is 5.69 Å². The van der Waals surface area contributed by atoms with E-state index in [2.05, 4.69) is 20.5 Å². The average molecular weight is 577 g/mol. The highest BCUT2D eigenvalue weighted by atomic mass is 19.4. The molecule has 0 atom stereocenters. The number of halogens is 3. The van der Waals surface area contributed by atoms with Crippen molar-refractivity contribution >= 4 is 23.1 Å². The number of rotatable bonds is 7. The van der Waals surface area contributed by atoms with Crippen LogP contribution in [-0.2, 0) is 6.18 Å². The highest BCUT2D eigenvalue weighted by molar-refractivity contribution is 5.75. The van der Waals surface area contributed by atoms with Crippen LogP contribution in [0.4, 0.5) is 35.0 Å². The molecule has 2 heterocycles. The molecule has 222 valence electrons. The molecule has 2 aliphatic carbocycles. The number of carbonyl (C=O) groups excluding carboxylic acids is 1. The Balaban J connectivity index is 1.09. The number of nitro benzene ring substituents is 1. The lowest BCUT2D eigenvalue weighted by Crippen LogP contribution is -2.53. The Morgan fingerprint density at radius 3 is 2.34 bits per heavy atom. The number of nitro groups is 1. The molecule has 5 rings (SSSR count). The quantitative estimate of drug-likeness (QED) is 0.327. The van der Waals surface area contributed by atoms with Crippen molar-refractivity contribution in [2.45, 2.75) is 75.7 Å².